The van der Waals surface area contributed by atoms with Crippen LogP contribution in [0, 0.1) is 5.82 Å². The molecule has 0 radical (unpaired) electrons. The molecule has 0 heterocycles. The van der Waals surface area contributed by atoms with Gasteiger partial charge in [-0.3, -0.25) is 9.59 Å². The van der Waals surface area contributed by atoms with Gasteiger partial charge in [0, 0.05) is 17.4 Å². The molecular weight excluding hydrogens is 363 g/mol. The maximum Gasteiger partial charge on any atom is 0.305 e. The molecule has 0 saturated carbocycles. The zero-order valence-electron chi connectivity index (χ0n) is 12.9. The Morgan fingerprint density at radius 2 is 1.87 bits per heavy atom. The molecule has 0 aliphatic rings. The van der Waals surface area contributed by atoms with Gasteiger partial charge in [-0.2, -0.15) is 0 Å². The van der Waals surface area contributed by atoms with Crippen molar-refractivity contribution in [3.8, 4) is 0 Å². The van der Waals surface area contributed by atoms with Gasteiger partial charge in [-0.1, -0.05) is 40.2 Å². The van der Waals surface area contributed by atoms with E-state index < -0.39 is 4.83 Å². The fraction of sp³-hybridized carbons (Fsp3) is 0.333. The molecule has 1 unspecified atom stereocenters. The van der Waals surface area contributed by atoms with Crippen molar-refractivity contribution < 1.29 is 18.7 Å². The van der Waals surface area contributed by atoms with Gasteiger partial charge in [0.25, 0.3) is 0 Å². The van der Waals surface area contributed by atoms with Gasteiger partial charge in [-0.05, 0) is 37.3 Å². The Morgan fingerprint density at radius 1 is 1.17 bits per heavy atom. The number of carbonyl (C=O) groups is 2. The third-order valence-electron chi connectivity index (χ3n) is 3.56. The van der Waals surface area contributed by atoms with Crippen LogP contribution in [0.4, 0.5) is 4.39 Å². The Balaban J connectivity index is 2.08. The van der Waals surface area contributed by atoms with Crippen LogP contribution < -0.4 is 0 Å². The first-order valence-corrected chi connectivity index (χ1v) is 8.47. The van der Waals surface area contributed by atoms with Gasteiger partial charge in [0.05, 0.1) is 11.4 Å². The van der Waals surface area contributed by atoms with E-state index in [9.17, 15) is 14.0 Å². The summed E-state index contributed by atoms with van der Waals surface area (Å²) in [5, 5.41) is 1.04. The van der Waals surface area contributed by atoms with E-state index in [0.717, 1.165) is 0 Å². The molecule has 0 aliphatic carbocycles. The zero-order valence-corrected chi connectivity index (χ0v) is 14.4. The molecule has 3 nitrogen and oxygen atoms in total. The van der Waals surface area contributed by atoms with Gasteiger partial charge in [0.2, 0.25) is 0 Å². The molecule has 0 spiro atoms. The SMILES string of the molecule is CCOC(=O)CCCC(Br)C(=O)c1ccc(F)c2ccccc12. The summed E-state index contributed by atoms with van der Waals surface area (Å²) in [5.74, 6) is -0.706. The summed E-state index contributed by atoms with van der Waals surface area (Å²) in [7, 11) is 0. The van der Waals surface area contributed by atoms with Gasteiger partial charge >= 0.3 is 5.97 Å². The molecule has 23 heavy (non-hydrogen) atoms. The maximum absolute atomic E-state index is 13.8. The Kier molecular flexibility index (Phi) is 6.28. The smallest absolute Gasteiger partial charge is 0.305 e. The Labute approximate surface area is 143 Å². The fourth-order valence-electron chi connectivity index (χ4n) is 2.44. The molecule has 5 heteroatoms. The number of ether oxygens (including phenoxy) is 1. The standard InChI is InChI=1S/C18H18BrFO3/c1-2-23-17(21)9-5-8-15(19)18(22)14-10-11-16(20)13-7-4-3-6-12(13)14/h3-4,6-7,10-11,15H,2,5,8-9H2,1H3. The minimum absolute atomic E-state index is 0.106. The Morgan fingerprint density at radius 3 is 2.57 bits per heavy atom. The van der Waals surface area contributed by atoms with E-state index in [0.29, 0.717) is 35.8 Å². The summed E-state index contributed by atoms with van der Waals surface area (Å²) in [5.41, 5.74) is 0.486. The molecule has 0 fully saturated rings. The largest absolute Gasteiger partial charge is 0.466 e. The van der Waals surface area contributed by atoms with Gasteiger partial charge in [0.15, 0.2) is 5.78 Å². The minimum atomic E-state index is -0.411. The van der Waals surface area contributed by atoms with Gasteiger partial charge in [-0.25, -0.2) is 4.39 Å². The highest BCUT2D eigenvalue weighted by molar-refractivity contribution is 9.10. The monoisotopic (exact) mass is 380 g/mol. The lowest BCUT2D eigenvalue weighted by atomic mass is 9.98. The van der Waals surface area contributed by atoms with Crippen LogP contribution in [0.25, 0.3) is 10.8 Å². The second kappa shape index (κ2) is 8.20. The number of ketones is 1. The number of halogens is 2. The van der Waals surface area contributed by atoms with Crippen LogP contribution >= 0.6 is 15.9 Å². The molecule has 2 aromatic carbocycles. The van der Waals surface area contributed by atoms with Gasteiger partial charge < -0.3 is 4.74 Å². The van der Waals surface area contributed by atoms with E-state index in [1.807, 2.05) is 0 Å². The first-order valence-electron chi connectivity index (χ1n) is 7.55. The summed E-state index contributed by atoms with van der Waals surface area (Å²) >= 11 is 3.38. The predicted octanol–water partition coefficient (Wildman–Crippen LogP) is 4.66. The van der Waals surface area contributed by atoms with E-state index in [4.69, 9.17) is 4.74 Å². The quantitative estimate of drug-likeness (QED) is 0.398. The summed E-state index contributed by atoms with van der Waals surface area (Å²) < 4.78 is 18.7. The Hall–Kier alpha value is -1.75. The van der Waals surface area contributed by atoms with Crippen LogP contribution in [0.15, 0.2) is 36.4 Å². The number of fused-ring (bicyclic) bond motifs is 1. The fourth-order valence-corrected chi connectivity index (χ4v) is 3.01. The summed E-state index contributed by atoms with van der Waals surface area (Å²) in [6.07, 6.45) is 1.36. The molecule has 0 amide bonds. The lowest BCUT2D eigenvalue weighted by molar-refractivity contribution is -0.143. The van der Waals surface area contributed by atoms with Crippen molar-refractivity contribution in [3.05, 3.63) is 47.8 Å². The average Bonchev–Trinajstić information content (AvgIpc) is 2.55. The highest BCUT2D eigenvalue weighted by Crippen LogP contribution is 2.25. The third-order valence-corrected chi connectivity index (χ3v) is 4.44. The predicted molar refractivity (Wildman–Crippen MR) is 91.4 cm³/mol. The summed E-state index contributed by atoms with van der Waals surface area (Å²) in [4.78, 5) is 23.5. The van der Waals surface area contributed by atoms with Crippen molar-refractivity contribution in [3.63, 3.8) is 0 Å². The highest BCUT2D eigenvalue weighted by atomic mass is 79.9. The molecule has 0 saturated heterocycles. The lowest BCUT2D eigenvalue weighted by Crippen LogP contribution is -2.15. The normalized spacial score (nSPS) is 12.1. The second-order valence-electron chi connectivity index (χ2n) is 5.17. The number of benzene rings is 2. The molecule has 0 aromatic heterocycles. The minimum Gasteiger partial charge on any atom is -0.466 e. The summed E-state index contributed by atoms with van der Waals surface area (Å²) in [6, 6.07) is 9.75. The molecule has 0 bridgehead atoms. The first kappa shape index (κ1) is 17.6. The summed E-state index contributed by atoms with van der Waals surface area (Å²) in [6.45, 7) is 2.12. The third kappa shape index (κ3) is 4.38. The van der Waals surface area contributed by atoms with Crippen molar-refractivity contribution in [2.24, 2.45) is 0 Å². The van der Waals surface area contributed by atoms with E-state index in [-0.39, 0.29) is 24.0 Å². The van der Waals surface area contributed by atoms with E-state index in [1.165, 1.54) is 12.1 Å². The van der Waals surface area contributed by atoms with Crippen molar-refractivity contribution in [2.45, 2.75) is 31.0 Å². The highest BCUT2D eigenvalue weighted by Gasteiger charge is 2.20. The van der Waals surface area contributed by atoms with Crippen molar-refractivity contribution in [1.82, 2.24) is 0 Å². The van der Waals surface area contributed by atoms with Crippen LogP contribution in [0.1, 0.15) is 36.5 Å². The van der Waals surface area contributed by atoms with Gasteiger partial charge in [0.1, 0.15) is 5.82 Å². The lowest BCUT2D eigenvalue weighted by Gasteiger charge is -2.11. The number of hydrogen-bond donors (Lipinski definition) is 0. The zero-order chi connectivity index (χ0) is 16.8. The first-order chi connectivity index (χ1) is 11.0. The van der Waals surface area contributed by atoms with E-state index in [1.54, 1.807) is 31.2 Å². The van der Waals surface area contributed by atoms with E-state index in [2.05, 4.69) is 15.9 Å². The van der Waals surface area contributed by atoms with Crippen molar-refractivity contribution >= 4 is 38.5 Å². The molecule has 0 N–H and O–H groups in total. The topological polar surface area (TPSA) is 43.4 Å². The molecular formula is C18H18BrFO3. The number of carbonyl (C=O) groups excluding carboxylic acids is 2. The molecule has 2 aromatic rings. The second-order valence-corrected chi connectivity index (χ2v) is 6.27. The van der Waals surface area contributed by atoms with Crippen LogP contribution in [0.3, 0.4) is 0 Å². The number of esters is 1. The average molecular weight is 381 g/mol. The van der Waals surface area contributed by atoms with Crippen LogP contribution in [0.2, 0.25) is 0 Å². The molecule has 122 valence electrons. The van der Waals surface area contributed by atoms with Crippen molar-refractivity contribution in [1.29, 1.82) is 0 Å². The van der Waals surface area contributed by atoms with Crippen LogP contribution in [-0.4, -0.2) is 23.2 Å². The maximum atomic E-state index is 13.8. The molecule has 2 rings (SSSR count). The number of rotatable bonds is 7. The van der Waals surface area contributed by atoms with Crippen LogP contribution in [-0.2, 0) is 9.53 Å². The van der Waals surface area contributed by atoms with Crippen LogP contribution in [0.5, 0.6) is 0 Å². The molecule has 0 aliphatic heterocycles. The van der Waals surface area contributed by atoms with E-state index >= 15 is 0 Å². The number of hydrogen-bond acceptors (Lipinski definition) is 3. The number of alkyl halides is 1. The molecule has 1 atom stereocenters. The van der Waals surface area contributed by atoms with Gasteiger partial charge in [-0.15, -0.1) is 0 Å². The number of Topliss-reactive ketones (excluding diaryl/α,β-unsaturated/α-hetero) is 1. The van der Waals surface area contributed by atoms with Crippen molar-refractivity contribution in [2.75, 3.05) is 6.61 Å². The Bertz CT molecular complexity index is 714.